The zero-order chi connectivity index (χ0) is 17.5. The highest BCUT2D eigenvalue weighted by atomic mass is 16.2. The Morgan fingerprint density at radius 2 is 1.96 bits per heavy atom. The number of para-hydroxylation sites is 1. The van der Waals surface area contributed by atoms with Gasteiger partial charge in [-0.25, -0.2) is 0 Å². The van der Waals surface area contributed by atoms with Gasteiger partial charge in [-0.15, -0.1) is 5.10 Å². The molecule has 3 aromatic rings. The van der Waals surface area contributed by atoms with Gasteiger partial charge in [0.25, 0.3) is 5.91 Å². The first-order valence-corrected chi connectivity index (χ1v) is 8.23. The maximum absolute atomic E-state index is 12.1. The second-order valence-corrected chi connectivity index (χ2v) is 5.85. The largest absolute Gasteiger partial charge is 0.321 e. The number of anilines is 1. The fourth-order valence-electron chi connectivity index (χ4n) is 2.48. The molecule has 25 heavy (non-hydrogen) atoms. The van der Waals surface area contributed by atoms with Gasteiger partial charge < -0.3 is 10.6 Å². The molecule has 0 aliphatic carbocycles. The van der Waals surface area contributed by atoms with Gasteiger partial charge in [0.15, 0.2) is 5.69 Å². The van der Waals surface area contributed by atoms with E-state index in [9.17, 15) is 4.79 Å². The van der Waals surface area contributed by atoms with Crippen molar-refractivity contribution >= 4 is 11.6 Å². The molecule has 0 saturated carbocycles. The lowest BCUT2D eigenvalue weighted by Gasteiger charge is -2.05. The molecule has 0 fully saturated rings. The van der Waals surface area contributed by atoms with Gasteiger partial charge in [-0.05, 0) is 24.6 Å². The van der Waals surface area contributed by atoms with Crippen molar-refractivity contribution in [2.45, 2.75) is 20.0 Å². The number of nitrogens with zero attached hydrogens (tertiary/aromatic N) is 3. The van der Waals surface area contributed by atoms with Crippen molar-refractivity contribution in [3.8, 4) is 0 Å². The molecule has 1 heterocycles. The fraction of sp³-hybridized carbons (Fsp3) is 0.211. The monoisotopic (exact) mass is 335 g/mol. The summed E-state index contributed by atoms with van der Waals surface area (Å²) in [6, 6.07) is 17.7. The number of benzene rings is 2. The van der Waals surface area contributed by atoms with Gasteiger partial charge in [-0.1, -0.05) is 53.2 Å². The molecule has 0 spiro atoms. The molecule has 2 N–H and O–H groups in total. The lowest BCUT2D eigenvalue weighted by Crippen LogP contribution is -2.20. The highest BCUT2D eigenvalue weighted by Crippen LogP contribution is 2.07. The van der Waals surface area contributed by atoms with E-state index in [1.807, 2.05) is 30.3 Å². The van der Waals surface area contributed by atoms with Crippen LogP contribution in [0.1, 0.15) is 21.6 Å². The SMILES string of the molecule is Cc1cccc(CNCCn2cc(C(=O)Nc3ccccc3)nn2)c1. The minimum atomic E-state index is -0.259. The fourth-order valence-corrected chi connectivity index (χ4v) is 2.48. The first-order chi connectivity index (χ1) is 12.2. The summed E-state index contributed by atoms with van der Waals surface area (Å²) >= 11 is 0. The van der Waals surface area contributed by atoms with Crippen molar-refractivity contribution in [1.29, 1.82) is 0 Å². The lowest BCUT2D eigenvalue weighted by molar-refractivity contribution is 0.102. The van der Waals surface area contributed by atoms with E-state index < -0.39 is 0 Å². The van der Waals surface area contributed by atoms with Gasteiger partial charge >= 0.3 is 0 Å². The van der Waals surface area contributed by atoms with E-state index in [0.717, 1.165) is 18.8 Å². The number of carbonyl (C=O) groups excluding carboxylic acids is 1. The van der Waals surface area contributed by atoms with E-state index in [1.54, 1.807) is 10.9 Å². The molecular formula is C19H21N5O. The highest BCUT2D eigenvalue weighted by molar-refractivity contribution is 6.02. The van der Waals surface area contributed by atoms with Crippen LogP contribution in [0.5, 0.6) is 0 Å². The summed E-state index contributed by atoms with van der Waals surface area (Å²) in [5.41, 5.74) is 3.55. The van der Waals surface area contributed by atoms with Gasteiger partial charge in [0.2, 0.25) is 0 Å². The minimum Gasteiger partial charge on any atom is -0.321 e. The molecule has 0 saturated heterocycles. The van der Waals surface area contributed by atoms with Crippen LogP contribution >= 0.6 is 0 Å². The van der Waals surface area contributed by atoms with Crippen LogP contribution in [0.3, 0.4) is 0 Å². The Hall–Kier alpha value is -2.99. The van der Waals surface area contributed by atoms with E-state index in [1.165, 1.54) is 11.1 Å². The van der Waals surface area contributed by atoms with Crippen LogP contribution in [0.4, 0.5) is 5.69 Å². The predicted molar refractivity (Wildman–Crippen MR) is 97.3 cm³/mol. The number of rotatable bonds is 7. The number of aromatic nitrogens is 3. The molecule has 1 aromatic heterocycles. The van der Waals surface area contributed by atoms with Crippen LogP contribution in [-0.2, 0) is 13.1 Å². The Morgan fingerprint density at radius 1 is 1.12 bits per heavy atom. The Balaban J connectivity index is 1.46. The topological polar surface area (TPSA) is 71.8 Å². The lowest BCUT2D eigenvalue weighted by atomic mass is 10.1. The average Bonchev–Trinajstić information content (AvgIpc) is 3.09. The number of carbonyl (C=O) groups is 1. The normalized spacial score (nSPS) is 10.6. The molecular weight excluding hydrogens is 314 g/mol. The number of amides is 1. The molecule has 6 nitrogen and oxygen atoms in total. The number of hydrogen-bond acceptors (Lipinski definition) is 4. The van der Waals surface area contributed by atoms with Crippen LogP contribution in [-0.4, -0.2) is 27.4 Å². The average molecular weight is 335 g/mol. The van der Waals surface area contributed by atoms with Crippen molar-refractivity contribution in [3.63, 3.8) is 0 Å². The zero-order valence-corrected chi connectivity index (χ0v) is 14.1. The van der Waals surface area contributed by atoms with Crippen molar-refractivity contribution < 1.29 is 4.79 Å². The molecule has 0 unspecified atom stereocenters. The Morgan fingerprint density at radius 3 is 2.76 bits per heavy atom. The van der Waals surface area contributed by atoms with Crippen LogP contribution in [0.15, 0.2) is 60.8 Å². The second-order valence-electron chi connectivity index (χ2n) is 5.85. The standard InChI is InChI=1S/C19H21N5O/c1-15-6-5-7-16(12-15)13-20-10-11-24-14-18(22-23-24)19(25)21-17-8-3-2-4-9-17/h2-9,12,14,20H,10-11,13H2,1H3,(H,21,25). The van der Waals surface area contributed by atoms with Gasteiger partial charge in [0.05, 0.1) is 12.7 Å². The Bertz CT molecular complexity index is 829. The van der Waals surface area contributed by atoms with Gasteiger partial charge in [-0.2, -0.15) is 0 Å². The van der Waals surface area contributed by atoms with Crippen LogP contribution in [0.2, 0.25) is 0 Å². The van der Waals surface area contributed by atoms with E-state index in [-0.39, 0.29) is 5.91 Å². The van der Waals surface area contributed by atoms with Gasteiger partial charge in [0, 0.05) is 18.8 Å². The van der Waals surface area contributed by atoms with E-state index in [2.05, 4.69) is 52.1 Å². The van der Waals surface area contributed by atoms with Crippen molar-refractivity contribution in [2.24, 2.45) is 0 Å². The first kappa shape index (κ1) is 16.9. The highest BCUT2D eigenvalue weighted by Gasteiger charge is 2.10. The number of hydrogen-bond donors (Lipinski definition) is 2. The summed E-state index contributed by atoms with van der Waals surface area (Å²) in [5, 5.41) is 14.1. The zero-order valence-electron chi connectivity index (χ0n) is 14.1. The van der Waals surface area contributed by atoms with Gasteiger partial charge in [0.1, 0.15) is 0 Å². The maximum Gasteiger partial charge on any atom is 0.277 e. The Kier molecular flexibility index (Phi) is 5.53. The molecule has 3 rings (SSSR count). The summed E-state index contributed by atoms with van der Waals surface area (Å²) in [7, 11) is 0. The van der Waals surface area contributed by atoms with Gasteiger partial charge in [-0.3, -0.25) is 9.48 Å². The van der Waals surface area contributed by atoms with E-state index >= 15 is 0 Å². The number of aryl methyl sites for hydroxylation is 1. The van der Waals surface area contributed by atoms with Crippen molar-refractivity contribution in [2.75, 3.05) is 11.9 Å². The molecule has 2 aromatic carbocycles. The molecule has 0 radical (unpaired) electrons. The summed E-state index contributed by atoms with van der Waals surface area (Å²) in [6.45, 7) is 4.28. The molecule has 128 valence electrons. The van der Waals surface area contributed by atoms with Crippen molar-refractivity contribution in [3.05, 3.63) is 77.6 Å². The molecule has 1 amide bonds. The predicted octanol–water partition coefficient (Wildman–Crippen LogP) is 2.63. The summed E-state index contributed by atoms with van der Waals surface area (Å²) in [5.74, 6) is -0.259. The third-order valence-electron chi connectivity index (χ3n) is 3.73. The minimum absolute atomic E-state index is 0.259. The molecule has 0 aliphatic heterocycles. The van der Waals surface area contributed by atoms with Crippen LogP contribution in [0.25, 0.3) is 0 Å². The number of nitrogens with one attached hydrogen (secondary N) is 2. The molecule has 6 heteroatoms. The molecule has 0 atom stereocenters. The summed E-state index contributed by atoms with van der Waals surface area (Å²) < 4.78 is 1.67. The van der Waals surface area contributed by atoms with Crippen LogP contribution in [0, 0.1) is 6.92 Å². The second kappa shape index (κ2) is 8.21. The summed E-state index contributed by atoms with van der Waals surface area (Å²) in [6.07, 6.45) is 1.66. The third kappa shape index (κ3) is 4.99. The van der Waals surface area contributed by atoms with Crippen molar-refractivity contribution in [1.82, 2.24) is 20.3 Å². The van der Waals surface area contributed by atoms with Crippen LogP contribution < -0.4 is 10.6 Å². The summed E-state index contributed by atoms with van der Waals surface area (Å²) in [4.78, 5) is 12.1. The quantitative estimate of drug-likeness (QED) is 0.651. The first-order valence-electron chi connectivity index (χ1n) is 8.23. The maximum atomic E-state index is 12.1. The van der Waals surface area contributed by atoms with E-state index in [4.69, 9.17) is 0 Å². The third-order valence-corrected chi connectivity index (χ3v) is 3.73. The molecule has 0 aliphatic rings. The van der Waals surface area contributed by atoms with E-state index in [0.29, 0.717) is 12.2 Å². The Labute approximate surface area is 146 Å². The molecule has 0 bridgehead atoms. The smallest absolute Gasteiger partial charge is 0.277 e.